The summed E-state index contributed by atoms with van der Waals surface area (Å²) in [6.07, 6.45) is -0.0430. The molecule has 7 nitrogen and oxygen atoms in total. The fraction of sp³-hybridized carbons (Fsp3) is 0.174. The van der Waals surface area contributed by atoms with E-state index in [0.29, 0.717) is 16.8 Å². The van der Waals surface area contributed by atoms with Gasteiger partial charge in [0, 0.05) is 11.8 Å². The van der Waals surface area contributed by atoms with Crippen molar-refractivity contribution in [2.75, 3.05) is 12.3 Å². The van der Waals surface area contributed by atoms with Crippen molar-refractivity contribution in [1.82, 2.24) is 19.9 Å². The first kappa shape index (κ1) is 23.7. The Morgan fingerprint density at radius 1 is 1.21 bits per heavy atom. The van der Waals surface area contributed by atoms with Gasteiger partial charge in [0.25, 0.3) is 5.91 Å². The number of hydrogen-bond donors (Lipinski definition) is 3. The normalized spacial score (nSPS) is 14.1. The molecule has 3 unspecified atom stereocenters. The predicted octanol–water partition coefficient (Wildman–Crippen LogP) is 3.57. The van der Waals surface area contributed by atoms with Gasteiger partial charge in [0.1, 0.15) is 17.7 Å². The zero-order valence-electron chi connectivity index (χ0n) is 18.0. The SMILES string of the molecule is Cc1c(F)cc(-c2ccn3nc(N)nc3c2)cc1C(=O)NCC(F)(P)C(O)c1ccc(F)cc1. The van der Waals surface area contributed by atoms with Crippen LogP contribution in [0.4, 0.5) is 19.1 Å². The number of aliphatic hydroxyl groups excluding tert-OH is 1. The Hall–Kier alpha value is -3.49. The molecule has 1 amide bonds. The Morgan fingerprint density at radius 2 is 1.91 bits per heavy atom. The van der Waals surface area contributed by atoms with Gasteiger partial charge in [-0.25, -0.2) is 17.7 Å². The van der Waals surface area contributed by atoms with Crippen molar-refractivity contribution >= 4 is 26.7 Å². The molecule has 0 aliphatic heterocycles. The molecule has 2 aromatic carbocycles. The molecule has 0 saturated carbocycles. The van der Waals surface area contributed by atoms with Crippen LogP contribution in [-0.4, -0.2) is 37.6 Å². The second-order valence-corrected chi connectivity index (χ2v) is 8.84. The quantitative estimate of drug-likeness (QED) is 0.361. The maximum atomic E-state index is 15.1. The van der Waals surface area contributed by atoms with Gasteiger partial charge >= 0.3 is 0 Å². The van der Waals surface area contributed by atoms with Crippen molar-refractivity contribution in [3.63, 3.8) is 0 Å². The molecule has 4 N–H and O–H groups in total. The lowest BCUT2D eigenvalue weighted by Crippen LogP contribution is -2.39. The van der Waals surface area contributed by atoms with Gasteiger partial charge in [-0.3, -0.25) is 4.79 Å². The Kier molecular flexibility index (Phi) is 6.29. The van der Waals surface area contributed by atoms with Crippen LogP contribution in [-0.2, 0) is 0 Å². The van der Waals surface area contributed by atoms with Crippen molar-refractivity contribution in [2.45, 2.75) is 18.4 Å². The largest absolute Gasteiger partial charge is 0.385 e. The maximum absolute atomic E-state index is 15.1. The van der Waals surface area contributed by atoms with Crippen LogP contribution in [0, 0.1) is 18.6 Å². The molecule has 0 spiro atoms. The lowest BCUT2D eigenvalue weighted by atomic mass is 9.99. The zero-order valence-corrected chi connectivity index (χ0v) is 19.1. The number of alkyl halides is 1. The summed E-state index contributed by atoms with van der Waals surface area (Å²) in [6, 6.07) is 10.8. The molecular formula is C23H21F3N5O2P. The number of pyridine rings is 1. The highest BCUT2D eigenvalue weighted by Gasteiger charge is 2.35. The number of nitrogen functional groups attached to an aromatic ring is 1. The molecule has 11 heteroatoms. The van der Waals surface area contributed by atoms with E-state index in [9.17, 15) is 18.7 Å². The summed E-state index contributed by atoms with van der Waals surface area (Å²) in [5, 5.41) is 14.4. The summed E-state index contributed by atoms with van der Waals surface area (Å²) >= 11 is 0. The lowest BCUT2D eigenvalue weighted by molar-refractivity contribution is 0.0512. The van der Waals surface area contributed by atoms with E-state index in [1.54, 1.807) is 18.3 Å². The van der Waals surface area contributed by atoms with Crippen molar-refractivity contribution in [3.8, 4) is 11.1 Å². The van der Waals surface area contributed by atoms with Gasteiger partial charge in [-0.1, -0.05) is 21.4 Å². The highest BCUT2D eigenvalue weighted by atomic mass is 31.0. The molecule has 34 heavy (non-hydrogen) atoms. The highest BCUT2D eigenvalue weighted by Crippen LogP contribution is 2.35. The second-order valence-electron chi connectivity index (χ2n) is 7.88. The minimum Gasteiger partial charge on any atom is -0.385 e. The fourth-order valence-electron chi connectivity index (χ4n) is 3.49. The van der Waals surface area contributed by atoms with Crippen LogP contribution in [0.3, 0.4) is 0 Å². The number of amides is 1. The van der Waals surface area contributed by atoms with E-state index >= 15 is 4.39 Å². The molecule has 0 fully saturated rings. The van der Waals surface area contributed by atoms with Crippen LogP contribution >= 0.6 is 9.24 Å². The Balaban J connectivity index is 1.56. The summed E-state index contributed by atoms with van der Waals surface area (Å²) in [5.41, 5.74) is 7.25. The number of halogens is 3. The molecule has 4 rings (SSSR count). The molecule has 2 heterocycles. The minimum atomic E-state index is -2.35. The van der Waals surface area contributed by atoms with Crippen molar-refractivity contribution in [2.24, 2.45) is 0 Å². The topological polar surface area (TPSA) is 106 Å². The average Bonchev–Trinajstić information content (AvgIpc) is 3.18. The molecular weight excluding hydrogens is 466 g/mol. The van der Waals surface area contributed by atoms with E-state index in [4.69, 9.17) is 5.73 Å². The summed E-state index contributed by atoms with van der Waals surface area (Å²) in [5.74, 6) is -1.78. The molecule has 4 aromatic rings. The number of fused-ring (bicyclic) bond motifs is 1. The number of anilines is 1. The number of nitrogens with zero attached hydrogens (tertiary/aromatic N) is 3. The number of benzene rings is 2. The van der Waals surface area contributed by atoms with Gasteiger partial charge in [0.05, 0.1) is 6.54 Å². The first-order chi connectivity index (χ1) is 16.0. The third-order valence-corrected chi connectivity index (χ3v) is 5.96. The molecule has 3 atom stereocenters. The third-order valence-electron chi connectivity index (χ3n) is 5.44. The lowest BCUT2D eigenvalue weighted by Gasteiger charge is -2.27. The summed E-state index contributed by atoms with van der Waals surface area (Å²) in [7, 11) is 1.86. The number of rotatable bonds is 6. The predicted molar refractivity (Wildman–Crippen MR) is 125 cm³/mol. The number of carbonyl (C=O) groups excluding carboxylic acids is 1. The third kappa shape index (κ3) is 4.73. The first-order valence-electron chi connectivity index (χ1n) is 10.2. The van der Waals surface area contributed by atoms with E-state index < -0.39 is 35.6 Å². The maximum Gasteiger partial charge on any atom is 0.251 e. The van der Waals surface area contributed by atoms with Crippen molar-refractivity contribution in [3.05, 3.63) is 83.1 Å². The Labute approximate surface area is 195 Å². The molecule has 0 radical (unpaired) electrons. The van der Waals surface area contributed by atoms with E-state index in [-0.39, 0.29) is 22.6 Å². The molecule has 176 valence electrons. The Bertz CT molecular complexity index is 1380. The molecule has 0 aliphatic carbocycles. The number of carbonyl (C=O) groups is 1. The first-order valence-corrected chi connectivity index (χ1v) is 10.7. The van der Waals surface area contributed by atoms with Crippen LogP contribution in [0.25, 0.3) is 16.8 Å². The van der Waals surface area contributed by atoms with E-state index in [1.165, 1.54) is 35.7 Å². The van der Waals surface area contributed by atoms with Crippen LogP contribution < -0.4 is 11.1 Å². The fourth-order valence-corrected chi connectivity index (χ4v) is 3.78. The van der Waals surface area contributed by atoms with Crippen molar-refractivity contribution in [1.29, 1.82) is 0 Å². The van der Waals surface area contributed by atoms with Crippen LogP contribution in [0.1, 0.15) is 27.6 Å². The molecule has 0 bridgehead atoms. The van der Waals surface area contributed by atoms with E-state index in [0.717, 1.165) is 12.1 Å². The van der Waals surface area contributed by atoms with Crippen molar-refractivity contribution < 1.29 is 23.1 Å². The van der Waals surface area contributed by atoms with Crippen LogP contribution in [0.2, 0.25) is 0 Å². The summed E-state index contributed by atoms with van der Waals surface area (Å²) in [4.78, 5) is 16.9. The average molecular weight is 487 g/mol. The van der Waals surface area contributed by atoms with Gasteiger partial charge in [-0.2, -0.15) is 4.98 Å². The van der Waals surface area contributed by atoms with Crippen LogP contribution in [0.5, 0.6) is 0 Å². The Morgan fingerprint density at radius 3 is 2.62 bits per heavy atom. The van der Waals surface area contributed by atoms with E-state index in [2.05, 4.69) is 15.4 Å². The summed E-state index contributed by atoms with van der Waals surface area (Å²) < 4.78 is 44.4. The van der Waals surface area contributed by atoms with Gasteiger partial charge in [-0.15, -0.1) is 5.10 Å². The van der Waals surface area contributed by atoms with Gasteiger partial charge in [0.15, 0.2) is 11.1 Å². The van der Waals surface area contributed by atoms with Crippen LogP contribution in [0.15, 0.2) is 54.7 Å². The van der Waals surface area contributed by atoms with Gasteiger partial charge < -0.3 is 16.2 Å². The number of hydrogen-bond acceptors (Lipinski definition) is 5. The second kappa shape index (κ2) is 9.04. The summed E-state index contributed by atoms with van der Waals surface area (Å²) in [6.45, 7) is 0.846. The highest BCUT2D eigenvalue weighted by molar-refractivity contribution is 7.18. The number of nitrogens with one attached hydrogen (secondary N) is 1. The van der Waals surface area contributed by atoms with Gasteiger partial charge in [-0.05, 0) is 65.6 Å². The number of nitrogens with two attached hydrogens (primary N) is 1. The molecule has 0 saturated heterocycles. The molecule has 0 aliphatic rings. The molecule has 2 aromatic heterocycles. The standard InChI is InChI=1S/C23H21F3N5O2P/c1-12-17(21(33)28-11-23(26,34)20(32)13-2-4-16(24)5-3-13)8-15(9-18(12)25)14-6-7-31-19(10-14)29-22(27)30-31/h2-10,20,32H,11,34H2,1H3,(H2,27,30)(H,28,33). The number of aliphatic hydroxyl groups is 1. The van der Waals surface area contributed by atoms with Gasteiger partial charge in [0.2, 0.25) is 5.95 Å². The minimum absolute atomic E-state index is 0.00734. The zero-order chi connectivity index (χ0) is 24.6. The smallest absolute Gasteiger partial charge is 0.251 e. The monoisotopic (exact) mass is 487 g/mol. The number of aromatic nitrogens is 3. The van der Waals surface area contributed by atoms with E-state index in [1.807, 2.05) is 9.24 Å².